The van der Waals surface area contributed by atoms with Crippen molar-refractivity contribution < 1.29 is 0 Å². The van der Waals surface area contributed by atoms with Crippen molar-refractivity contribution in [2.45, 2.75) is 6.92 Å². The highest BCUT2D eigenvalue weighted by Crippen LogP contribution is 2.10. The van der Waals surface area contributed by atoms with Crippen LogP contribution in [-0.2, 0) is 0 Å². The lowest BCUT2D eigenvalue weighted by molar-refractivity contribution is 1.30. The summed E-state index contributed by atoms with van der Waals surface area (Å²) in [6, 6.07) is 0. The molecule has 0 aliphatic carbocycles. The van der Waals surface area contributed by atoms with Gasteiger partial charge in [0, 0.05) is 6.20 Å². The number of aromatic nitrogens is 1. The van der Waals surface area contributed by atoms with E-state index in [1.165, 1.54) is 11.3 Å². The van der Waals surface area contributed by atoms with E-state index >= 15 is 0 Å². The Kier molecular flexibility index (Phi) is 1.78. The maximum Gasteiger partial charge on any atom is 0.115 e. The van der Waals surface area contributed by atoms with E-state index in [-0.39, 0.29) is 0 Å². The fourth-order valence-electron chi connectivity index (χ4n) is 0.475. The number of hydrogen-bond acceptors (Lipinski definition) is 3. The minimum absolute atomic E-state index is 0.431. The standard InChI is InChI=1S/C5H6N2S2/c1-3-7-2-4(9-3)5(6)8/h2H,1H3,(H2,6,8). The van der Waals surface area contributed by atoms with Gasteiger partial charge in [0.05, 0.1) is 9.88 Å². The summed E-state index contributed by atoms with van der Waals surface area (Å²) in [5, 5.41) is 0.998. The third-order valence-electron chi connectivity index (χ3n) is 0.864. The molecule has 1 rings (SSSR count). The van der Waals surface area contributed by atoms with Crippen molar-refractivity contribution in [3.63, 3.8) is 0 Å². The van der Waals surface area contributed by atoms with Crippen LogP contribution in [0.3, 0.4) is 0 Å². The normalized spacial score (nSPS) is 9.44. The second-order valence-electron chi connectivity index (χ2n) is 1.61. The molecule has 0 unspecified atom stereocenters. The van der Waals surface area contributed by atoms with Crippen molar-refractivity contribution in [2.75, 3.05) is 0 Å². The maximum atomic E-state index is 5.33. The molecule has 0 saturated heterocycles. The summed E-state index contributed by atoms with van der Waals surface area (Å²) < 4.78 is 0. The van der Waals surface area contributed by atoms with E-state index < -0.39 is 0 Å². The van der Waals surface area contributed by atoms with Gasteiger partial charge in [0.1, 0.15) is 4.99 Å². The molecule has 0 amide bonds. The molecular formula is C5H6N2S2. The van der Waals surface area contributed by atoms with E-state index in [1.807, 2.05) is 6.92 Å². The van der Waals surface area contributed by atoms with Crippen molar-refractivity contribution in [3.05, 3.63) is 16.1 Å². The average Bonchev–Trinajstić information content (AvgIpc) is 2.14. The number of aryl methyl sites for hydroxylation is 1. The van der Waals surface area contributed by atoms with Gasteiger partial charge in [0.2, 0.25) is 0 Å². The van der Waals surface area contributed by atoms with E-state index in [9.17, 15) is 0 Å². The van der Waals surface area contributed by atoms with Crippen LogP contribution in [0.1, 0.15) is 9.88 Å². The minimum Gasteiger partial charge on any atom is -0.389 e. The summed E-state index contributed by atoms with van der Waals surface area (Å²) in [6.07, 6.45) is 1.70. The fourth-order valence-corrected chi connectivity index (χ4v) is 1.28. The van der Waals surface area contributed by atoms with Gasteiger partial charge >= 0.3 is 0 Å². The van der Waals surface area contributed by atoms with Gasteiger partial charge in [-0.25, -0.2) is 4.98 Å². The Morgan fingerprint density at radius 1 is 1.89 bits per heavy atom. The van der Waals surface area contributed by atoms with Crippen LogP contribution in [0, 0.1) is 6.92 Å². The van der Waals surface area contributed by atoms with E-state index in [1.54, 1.807) is 6.20 Å². The van der Waals surface area contributed by atoms with Crippen LogP contribution in [-0.4, -0.2) is 9.97 Å². The molecule has 0 fully saturated rings. The predicted molar refractivity (Wildman–Crippen MR) is 42.7 cm³/mol. The second kappa shape index (κ2) is 2.41. The van der Waals surface area contributed by atoms with Crippen LogP contribution in [0.25, 0.3) is 0 Å². The van der Waals surface area contributed by atoms with Gasteiger partial charge < -0.3 is 5.73 Å². The molecule has 0 atom stereocenters. The molecule has 9 heavy (non-hydrogen) atoms. The van der Waals surface area contributed by atoms with E-state index in [0.717, 1.165) is 9.88 Å². The zero-order valence-electron chi connectivity index (χ0n) is 4.92. The average molecular weight is 158 g/mol. The number of hydrogen-bond donors (Lipinski definition) is 1. The van der Waals surface area contributed by atoms with Crippen LogP contribution in [0.4, 0.5) is 0 Å². The Morgan fingerprint density at radius 3 is 2.78 bits per heavy atom. The highest BCUT2D eigenvalue weighted by atomic mass is 32.1. The second-order valence-corrected chi connectivity index (χ2v) is 3.28. The number of nitrogens with zero attached hydrogens (tertiary/aromatic N) is 1. The number of thiocarbonyl (C=S) groups is 1. The van der Waals surface area contributed by atoms with Crippen LogP contribution >= 0.6 is 23.6 Å². The first kappa shape index (κ1) is 6.64. The first-order valence-corrected chi connectivity index (χ1v) is 3.65. The topological polar surface area (TPSA) is 38.9 Å². The summed E-state index contributed by atoms with van der Waals surface area (Å²) in [5.41, 5.74) is 5.33. The minimum atomic E-state index is 0.431. The zero-order valence-corrected chi connectivity index (χ0v) is 6.55. The highest BCUT2D eigenvalue weighted by Gasteiger charge is 1.98. The molecule has 0 aliphatic rings. The number of thiazole rings is 1. The van der Waals surface area contributed by atoms with Crippen molar-refractivity contribution in [2.24, 2.45) is 5.73 Å². The molecule has 0 radical (unpaired) electrons. The molecule has 0 spiro atoms. The van der Waals surface area contributed by atoms with Gasteiger partial charge in [0.15, 0.2) is 0 Å². The molecule has 2 nitrogen and oxygen atoms in total. The van der Waals surface area contributed by atoms with E-state index in [4.69, 9.17) is 18.0 Å². The van der Waals surface area contributed by atoms with Gasteiger partial charge in [-0.05, 0) is 6.92 Å². The molecule has 0 bridgehead atoms. The quantitative estimate of drug-likeness (QED) is 0.622. The molecule has 0 aromatic carbocycles. The van der Waals surface area contributed by atoms with Crippen LogP contribution in [0.5, 0.6) is 0 Å². The molecule has 1 aromatic rings. The zero-order chi connectivity index (χ0) is 6.85. The monoisotopic (exact) mass is 158 g/mol. The van der Waals surface area contributed by atoms with Gasteiger partial charge in [0.25, 0.3) is 0 Å². The molecule has 48 valence electrons. The lowest BCUT2D eigenvalue weighted by Crippen LogP contribution is -2.06. The molecule has 2 N–H and O–H groups in total. The summed E-state index contributed by atoms with van der Waals surface area (Å²) in [7, 11) is 0. The molecule has 4 heteroatoms. The van der Waals surface area contributed by atoms with Crippen molar-refractivity contribution in [3.8, 4) is 0 Å². The molecular weight excluding hydrogens is 152 g/mol. The summed E-state index contributed by atoms with van der Waals surface area (Å²) in [5.74, 6) is 0. The first-order chi connectivity index (χ1) is 4.20. The summed E-state index contributed by atoms with van der Waals surface area (Å²) in [4.78, 5) is 5.31. The first-order valence-electron chi connectivity index (χ1n) is 2.42. The van der Waals surface area contributed by atoms with Crippen molar-refractivity contribution in [1.82, 2.24) is 4.98 Å². The van der Waals surface area contributed by atoms with Crippen molar-refractivity contribution >= 4 is 28.5 Å². The Balaban J connectivity index is 2.98. The van der Waals surface area contributed by atoms with E-state index in [2.05, 4.69) is 4.98 Å². The van der Waals surface area contributed by atoms with Crippen LogP contribution in [0.2, 0.25) is 0 Å². The fraction of sp³-hybridized carbons (Fsp3) is 0.200. The Bertz CT molecular complexity index is 229. The van der Waals surface area contributed by atoms with Gasteiger partial charge in [-0.2, -0.15) is 0 Å². The van der Waals surface area contributed by atoms with Crippen LogP contribution in [0.15, 0.2) is 6.20 Å². The Hall–Kier alpha value is -0.480. The smallest absolute Gasteiger partial charge is 0.115 e. The summed E-state index contributed by atoms with van der Waals surface area (Å²) >= 11 is 6.24. The Morgan fingerprint density at radius 2 is 2.56 bits per heavy atom. The molecule has 1 aromatic heterocycles. The summed E-state index contributed by atoms with van der Waals surface area (Å²) in [6.45, 7) is 1.92. The number of rotatable bonds is 1. The van der Waals surface area contributed by atoms with Gasteiger partial charge in [-0.3, -0.25) is 0 Å². The third-order valence-corrected chi connectivity index (χ3v) is 2.16. The largest absolute Gasteiger partial charge is 0.389 e. The van der Waals surface area contributed by atoms with Gasteiger partial charge in [-0.15, -0.1) is 11.3 Å². The third kappa shape index (κ3) is 1.46. The maximum absolute atomic E-state index is 5.33. The van der Waals surface area contributed by atoms with Crippen molar-refractivity contribution in [1.29, 1.82) is 0 Å². The van der Waals surface area contributed by atoms with Gasteiger partial charge in [-0.1, -0.05) is 12.2 Å². The highest BCUT2D eigenvalue weighted by molar-refractivity contribution is 7.81. The number of nitrogens with two attached hydrogens (primary N) is 1. The predicted octanol–water partition coefficient (Wildman–Crippen LogP) is 1.09. The SMILES string of the molecule is Cc1ncc(C(N)=S)s1. The molecule has 1 heterocycles. The molecule has 0 saturated carbocycles. The molecule has 0 aliphatic heterocycles. The van der Waals surface area contributed by atoms with E-state index in [0.29, 0.717) is 4.99 Å². The van der Waals surface area contributed by atoms with Crippen LogP contribution < -0.4 is 5.73 Å². The lowest BCUT2D eigenvalue weighted by atomic mass is 10.6. The lowest BCUT2D eigenvalue weighted by Gasteiger charge is -1.83. The Labute approximate surface area is 62.7 Å².